The van der Waals surface area contributed by atoms with E-state index in [1.807, 2.05) is 0 Å². The molecule has 50 valence electrons. The number of carbonyl (C=O) groups is 2. The van der Waals surface area contributed by atoms with E-state index in [1.54, 1.807) is 0 Å². The van der Waals surface area contributed by atoms with Crippen molar-refractivity contribution in [2.45, 2.75) is 18.1 Å². The molecule has 0 radical (unpaired) electrons. The molecule has 1 atom stereocenters. The highest BCUT2D eigenvalue weighted by Gasteiger charge is 2.25. The van der Waals surface area contributed by atoms with Gasteiger partial charge in [0.25, 0.3) is 0 Å². The zero-order chi connectivity index (χ0) is 6.85. The lowest BCUT2D eigenvalue weighted by Crippen LogP contribution is -2.27. The number of thiol groups is 1. The summed E-state index contributed by atoms with van der Waals surface area (Å²) in [5.41, 5.74) is 0. The van der Waals surface area contributed by atoms with Gasteiger partial charge in [-0.1, -0.05) is 0 Å². The normalized spacial score (nSPS) is 27.9. The minimum atomic E-state index is -0.519. The van der Waals surface area contributed by atoms with Crippen molar-refractivity contribution in [1.82, 2.24) is 0 Å². The second-order valence-electron chi connectivity index (χ2n) is 1.85. The molecule has 0 aromatic rings. The van der Waals surface area contributed by atoms with Gasteiger partial charge in [0.1, 0.15) is 5.25 Å². The fourth-order valence-corrected chi connectivity index (χ4v) is 0.785. The lowest BCUT2D eigenvalue weighted by molar-refractivity contribution is -0.162. The van der Waals surface area contributed by atoms with Crippen LogP contribution in [0.25, 0.3) is 0 Å². The summed E-state index contributed by atoms with van der Waals surface area (Å²) in [6.45, 7) is 0. The molecule has 4 heteroatoms. The van der Waals surface area contributed by atoms with Crippen LogP contribution < -0.4 is 0 Å². The van der Waals surface area contributed by atoms with Gasteiger partial charge in [-0.3, -0.25) is 9.59 Å². The highest BCUT2D eigenvalue weighted by atomic mass is 32.1. The van der Waals surface area contributed by atoms with Crippen LogP contribution in [-0.4, -0.2) is 17.2 Å². The first-order chi connectivity index (χ1) is 4.20. The Morgan fingerprint density at radius 3 is 2.67 bits per heavy atom. The highest BCUT2D eigenvalue weighted by Crippen LogP contribution is 2.13. The molecule has 0 aromatic carbocycles. The molecule has 1 unspecified atom stereocenters. The molecule has 1 aliphatic rings. The van der Waals surface area contributed by atoms with Gasteiger partial charge in [0, 0.05) is 6.42 Å². The second-order valence-corrected chi connectivity index (χ2v) is 2.47. The first-order valence-corrected chi connectivity index (χ1v) is 3.14. The first-order valence-electron chi connectivity index (χ1n) is 2.63. The summed E-state index contributed by atoms with van der Waals surface area (Å²) in [6, 6.07) is 0. The van der Waals surface area contributed by atoms with Crippen LogP contribution >= 0.6 is 12.6 Å². The van der Waals surface area contributed by atoms with E-state index in [4.69, 9.17) is 0 Å². The van der Waals surface area contributed by atoms with E-state index >= 15 is 0 Å². The lowest BCUT2D eigenvalue weighted by Gasteiger charge is -2.13. The van der Waals surface area contributed by atoms with Crippen LogP contribution in [0.15, 0.2) is 0 Å². The van der Waals surface area contributed by atoms with Gasteiger partial charge in [-0.25, -0.2) is 0 Å². The number of rotatable bonds is 0. The summed E-state index contributed by atoms with van der Waals surface area (Å²) >= 11 is 3.87. The summed E-state index contributed by atoms with van der Waals surface area (Å²) in [6.07, 6.45) is 0.806. The van der Waals surface area contributed by atoms with Crippen molar-refractivity contribution in [1.29, 1.82) is 0 Å². The lowest BCUT2D eigenvalue weighted by atomic mass is 10.2. The zero-order valence-corrected chi connectivity index (χ0v) is 5.56. The molecule has 0 spiro atoms. The number of carbonyl (C=O) groups excluding carboxylic acids is 2. The SMILES string of the molecule is O=C1CCC(S)C(=O)O1. The van der Waals surface area contributed by atoms with Gasteiger partial charge in [0.15, 0.2) is 0 Å². The molecule has 0 N–H and O–H groups in total. The van der Waals surface area contributed by atoms with E-state index in [-0.39, 0.29) is 0 Å². The topological polar surface area (TPSA) is 43.4 Å². The molecule has 0 aliphatic carbocycles. The Bertz CT molecular complexity index is 154. The molecule has 0 saturated carbocycles. The third-order valence-corrected chi connectivity index (χ3v) is 1.58. The van der Waals surface area contributed by atoms with E-state index in [2.05, 4.69) is 17.4 Å². The smallest absolute Gasteiger partial charge is 0.326 e. The van der Waals surface area contributed by atoms with Gasteiger partial charge < -0.3 is 4.74 Å². The quantitative estimate of drug-likeness (QED) is 0.300. The van der Waals surface area contributed by atoms with Crippen LogP contribution in [0.2, 0.25) is 0 Å². The van der Waals surface area contributed by atoms with Gasteiger partial charge in [0.05, 0.1) is 0 Å². The molecule has 1 saturated heterocycles. The van der Waals surface area contributed by atoms with Crippen molar-refractivity contribution >= 4 is 24.6 Å². The molecule has 1 rings (SSSR count). The van der Waals surface area contributed by atoms with Crippen LogP contribution in [0.4, 0.5) is 0 Å². The minimum Gasteiger partial charge on any atom is -0.392 e. The summed E-state index contributed by atoms with van der Waals surface area (Å²) in [5.74, 6) is -0.958. The summed E-state index contributed by atoms with van der Waals surface area (Å²) < 4.78 is 4.24. The fourth-order valence-electron chi connectivity index (χ4n) is 0.604. The number of hydrogen-bond acceptors (Lipinski definition) is 4. The maximum atomic E-state index is 10.5. The van der Waals surface area contributed by atoms with E-state index in [0.717, 1.165) is 0 Å². The van der Waals surface area contributed by atoms with E-state index in [0.29, 0.717) is 12.8 Å². The molecule has 1 heterocycles. The van der Waals surface area contributed by atoms with Gasteiger partial charge in [-0.2, -0.15) is 12.6 Å². The molecule has 0 bridgehead atoms. The van der Waals surface area contributed by atoms with Gasteiger partial charge in [0.2, 0.25) is 0 Å². The van der Waals surface area contributed by atoms with Crippen LogP contribution in [0.3, 0.4) is 0 Å². The molecule has 0 aromatic heterocycles. The Morgan fingerprint density at radius 1 is 1.56 bits per heavy atom. The predicted octanol–water partition coefficient (Wildman–Crippen LogP) is 0.148. The van der Waals surface area contributed by atoms with Gasteiger partial charge in [-0.15, -0.1) is 0 Å². The van der Waals surface area contributed by atoms with E-state index < -0.39 is 17.2 Å². The first kappa shape index (κ1) is 6.61. The zero-order valence-electron chi connectivity index (χ0n) is 4.66. The number of hydrogen-bond donors (Lipinski definition) is 1. The summed E-state index contributed by atoms with van der Waals surface area (Å²) in [7, 11) is 0. The van der Waals surface area contributed by atoms with Crippen molar-refractivity contribution in [2.75, 3.05) is 0 Å². The Balaban J connectivity index is 2.54. The number of ether oxygens (including phenoxy) is 1. The molecular weight excluding hydrogens is 140 g/mol. The number of cyclic esters (lactones) is 2. The Hall–Kier alpha value is -0.510. The summed E-state index contributed by atoms with van der Waals surface area (Å²) in [5, 5.41) is -0.400. The molecule has 9 heavy (non-hydrogen) atoms. The van der Waals surface area contributed by atoms with Crippen molar-refractivity contribution in [3.05, 3.63) is 0 Å². The molecule has 0 amide bonds. The highest BCUT2D eigenvalue weighted by molar-refractivity contribution is 7.81. The monoisotopic (exact) mass is 146 g/mol. The maximum Gasteiger partial charge on any atom is 0.326 e. The Labute approximate surface area is 57.8 Å². The van der Waals surface area contributed by atoms with Crippen LogP contribution in [0.1, 0.15) is 12.8 Å². The summed E-state index contributed by atoms with van der Waals surface area (Å²) in [4.78, 5) is 20.8. The van der Waals surface area contributed by atoms with Crippen LogP contribution in [-0.2, 0) is 14.3 Å². The molecule has 1 fully saturated rings. The van der Waals surface area contributed by atoms with Crippen LogP contribution in [0.5, 0.6) is 0 Å². The maximum absolute atomic E-state index is 10.5. The van der Waals surface area contributed by atoms with E-state index in [9.17, 15) is 9.59 Å². The third kappa shape index (κ3) is 1.45. The second kappa shape index (κ2) is 2.39. The average Bonchev–Trinajstić information content (AvgIpc) is 1.80. The van der Waals surface area contributed by atoms with Gasteiger partial charge in [-0.05, 0) is 6.42 Å². The van der Waals surface area contributed by atoms with Crippen LogP contribution in [0, 0.1) is 0 Å². The molecule has 3 nitrogen and oxygen atoms in total. The van der Waals surface area contributed by atoms with Crippen molar-refractivity contribution in [3.8, 4) is 0 Å². The van der Waals surface area contributed by atoms with Crippen molar-refractivity contribution < 1.29 is 14.3 Å². The third-order valence-electron chi connectivity index (χ3n) is 1.11. The molecule has 1 aliphatic heterocycles. The fraction of sp³-hybridized carbons (Fsp3) is 0.600. The van der Waals surface area contributed by atoms with Crippen molar-refractivity contribution in [3.63, 3.8) is 0 Å². The molecular formula is C5H6O3S. The van der Waals surface area contributed by atoms with Crippen molar-refractivity contribution in [2.24, 2.45) is 0 Å². The predicted molar refractivity (Wildman–Crippen MR) is 33.1 cm³/mol. The number of esters is 2. The Kier molecular flexibility index (Phi) is 1.75. The Morgan fingerprint density at radius 2 is 2.22 bits per heavy atom. The minimum absolute atomic E-state index is 0.305. The average molecular weight is 146 g/mol. The largest absolute Gasteiger partial charge is 0.392 e. The van der Waals surface area contributed by atoms with E-state index in [1.165, 1.54) is 0 Å². The van der Waals surface area contributed by atoms with Gasteiger partial charge >= 0.3 is 11.9 Å². The standard InChI is InChI=1S/C5H6O3S/c6-4-2-1-3(9)5(7)8-4/h3,9H,1-2H2.